The molecule has 0 saturated carbocycles. The fourth-order valence-corrected chi connectivity index (χ4v) is 4.22. The number of rotatable bonds is 6. The molecule has 1 fully saturated rings. The van der Waals surface area contributed by atoms with Crippen molar-refractivity contribution in [1.82, 2.24) is 14.2 Å². The first-order chi connectivity index (χ1) is 14.4. The SMILES string of the molecule is C=CC(=O)Nc1ccc(S(=O)(=O)N2CCN(C(=O)OCc3ccccc3)CC2)cn1. The minimum atomic E-state index is -3.76. The Morgan fingerprint density at radius 2 is 1.80 bits per heavy atom. The maximum atomic E-state index is 12.8. The van der Waals surface area contributed by atoms with Crippen molar-refractivity contribution in [3.05, 3.63) is 66.9 Å². The third kappa shape index (κ3) is 5.22. The van der Waals surface area contributed by atoms with E-state index in [0.717, 1.165) is 11.6 Å². The van der Waals surface area contributed by atoms with E-state index in [4.69, 9.17) is 4.74 Å². The summed E-state index contributed by atoms with van der Waals surface area (Å²) in [6.07, 6.45) is 1.81. The molecule has 0 radical (unpaired) electrons. The lowest BCUT2D eigenvalue weighted by molar-refractivity contribution is -0.111. The fraction of sp³-hybridized carbons (Fsp3) is 0.250. The average Bonchev–Trinajstić information content (AvgIpc) is 2.78. The number of sulfonamides is 1. The normalized spacial score (nSPS) is 14.7. The number of pyridine rings is 1. The monoisotopic (exact) mass is 430 g/mol. The van der Waals surface area contributed by atoms with Crippen LogP contribution >= 0.6 is 0 Å². The highest BCUT2D eigenvalue weighted by atomic mass is 32.2. The van der Waals surface area contributed by atoms with Crippen molar-refractivity contribution in [3.63, 3.8) is 0 Å². The Bertz CT molecular complexity index is 1000. The highest BCUT2D eigenvalue weighted by Gasteiger charge is 2.31. The molecule has 10 heteroatoms. The molecule has 0 unspecified atom stereocenters. The topological polar surface area (TPSA) is 109 Å². The van der Waals surface area contributed by atoms with Crippen LogP contribution in [0.15, 0.2) is 66.2 Å². The van der Waals surface area contributed by atoms with Crippen LogP contribution in [-0.2, 0) is 26.2 Å². The number of hydrogen-bond acceptors (Lipinski definition) is 6. The smallest absolute Gasteiger partial charge is 0.410 e. The maximum Gasteiger partial charge on any atom is 0.410 e. The second-order valence-electron chi connectivity index (χ2n) is 6.50. The van der Waals surface area contributed by atoms with E-state index in [1.54, 1.807) is 0 Å². The van der Waals surface area contributed by atoms with Gasteiger partial charge in [-0.15, -0.1) is 0 Å². The second kappa shape index (κ2) is 9.51. The van der Waals surface area contributed by atoms with Crippen LogP contribution in [0.5, 0.6) is 0 Å². The van der Waals surface area contributed by atoms with Gasteiger partial charge in [0, 0.05) is 32.4 Å². The van der Waals surface area contributed by atoms with E-state index in [1.165, 1.54) is 27.5 Å². The van der Waals surface area contributed by atoms with Gasteiger partial charge in [-0.3, -0.25) is 4.79 Å². The molecule has 158 valence electrons. The summed E-state index contributed by atoms with van der Waals surface area (Å²) in [5.74, 6) is -0.210. The lowest BCUT2D eigenvalue weighted by Gasteiger charge is -2.33. The zero-order valence-corrected chi connectivity index (χ0v) is 17.0. The van der Waals surface area contributed by atoms with E-state index in [1.807, 2.05) is 30.3 Å². The van der Waals surface area contributed by atoms with E-state index in [0.29, 0.717) is 0 Å². The van der Waals surface area contributed by atoms with Crippen LogP contribution in [0.1, 0.15) is 5.56 Å². The summed E-state index contributed by atoms with van der Waals surface area (Å²) in [5.41, 5.74) is 0.882. The van der Waals surface area contributed by atoms with E-state index >= 15 is 0 Å². The molecule has 0 spiro atoms. The predicted octanol–water partition coefficient (Wildman–Crippen LogP) is 1.85. The predicted molar refractivity (Wildman–Crippen MR) is 110 cm³/mol. The van der Waals surface area contributed by atoms with Crippen LogP contribution in [-0.4, -0.2) is 60.8 Å². The number of amides is 2. The van der Waals surface area contributed by atoms with Gasteiger partial charge in [-0.25, -0.2) is 18.2 Å². The van der Waals surface area contributed by atoms with Crippen LogP contribution < -0.4 is 5.32 Å². The maximum absolute atomic E-state index is 12.8. The van der Waals surface area contributed by atoms with Gasteiger partial charge in [-0.05, 0) is 23.8 Å². The summed E-state index contributed by atoms with van der Waals surface area (Å²) in [6, 6.07) is 12.1. The van der Waals surface area contributed by atoms with E-state index in [2.05, 4.69) is 16.9 Å². The van der Waals surface area contributed by atoms with Gasteiger partial charge in [0.1, 0.15) is 17.3 Å². The molecule has 2 aromatic rings. The fourth-order valence-electron chi connectivity index (χ4n) is 2.85. The number of anilines is 1. The van der Waals surface area contributed by atoms with E-state index in [-0.39, 0.29) is 43.5 Å². The molecule has 9 nitrogen and oxygen atoms in total. The number of carbonyl (C=O) groups excluding carboxylic acids is 2. The van der Waals surface area contributed by atoms with Gasteiger partial charge < -0.3 is 15.0 Å². The van der Waals surface area contributed by atoms with Crippen LogP contribution in [0.4, 0.5) is 10.6 Å². The molecule has 1 aliphatic rings. The summed E-state index contributed by atoms with van der Waals surface area (Å²) < 4.78 is 32.2. The van der Waals surface area contributed by atoms with Gasteiger partial charge >= 0.3 is 6.09 Å². The highest BCUT2D eigenvalue weighted by Crippen LogP contribution is 2.18. The largest absolute Gasteiger partial charge is 0.445 e. The number of hydrogen-bond donors (Lipinski definition) is 1. The Balaban J connectivity index is 1.55. The molecular weight excluding hydrogens is 408 g/mol. The molecule has 2 amide bonds. The van der Waals surface area contributed by atoms with Crippen LogP contribution in [0.3, 0.4) is 0 Å². The van der Waals surface area contributed by atoms with Crippen LogP contribution in [0.2, 0.25) is 0 Å². The highest BCUT2D eigenvalue weighted by molar-refractivity contribution is 7.89. The zero-order valence-electron chi connectivity index (χ0n) is 16.2. The Labute approximate surface area is 175 Å². The average molecular weight is 430 g/mol. The molecule has 2 heterocycles. The Kier molecular flexibility index (Phi) is 6.80. The second-order valence-corrected chi connectivity index (χ2v) is 8.44. The van der Waals surface area contributed by atoms with E-state index < -0.39 is 22.0 Å². The molecule has 1 saturated heterocycles. The zero-order chi connectivity index (χ0) is 21.6. The van der Waals surface area contributed by atoms with Crippen molar-refractivity contribution in [1.29, 1.82) is 0 Å². The van der Waals surface area contributed by atoms with Crippen LogP contribution in [0.25, 0.3) is 0 Å². The van der Waals surface area contributed by atoms with Gasteiger partial charge in [-0.1, -0.05) is 36.9 Å². The summed E-state index contributed by atoms with van der Waals surface area (Å²) in [7, 11) is -3.76. The summed E-state index contributed by atoms with van der Waals surface area (Å²) in [5, 5.41) is 2.46. The number of ether oxygens (including phenoxy) is 1. The third-order valence-corrected chi connectivity index (χ3v) is 6.39. The lowest BCUT2D eigenvalue weighted by Crippen LogP contribution is -2.50. The van der Waals surface area contributed by atoms with Crippen molar-refractivity contribution >= 4 is 27.8 Å². The molecule has 0 aliphatic carbocycles. The van der Waals surface area contributed by atoms with Crippen molar-refractivity contribution in [2.24, 2.45) is 0 Å². The molecule has 0 atom stereocenters. The molecule has 1 aromatic heterocycles. The Morgan fingerprint density at radius 3 is 2.40 bits per heavy atom. The quantitative estimate of drug-likeness (QED) is 0.701. The molecule has 1 aliphatic heterocycles. The number of benzene rings is 1. The third-order valence-electron chi connectivity index (χ3n) is 4.51. The summed E-state index contributed by atoms with van der Waals surface area (Å²) in [4.78, 5) is 29.0. The number of carbonyl (C=O) groups is 2. The van der Waals surface area contributed by atoms with Crippen LogP contribution in [0, 0.1) is 0 Å². The first-order valence-electron chi connectivity index (χ1n) is 9.25. The Morgan fingerprint density at radius 1 is 1.10 bits per heavy atom. The lowest BCUT2D eigenvalue weighted by atomic mass is 10.2. The van der Waals surface area contributed by atoms with Crippen molar-refractivity contribution in [3.8, 4) is 0 Å². The molecule has 1 N–H and O–H groups in total. The standard InChI is InChI=1S/C20H22N4O5S/c1-2-19(25)22-18-9-8-17(14-21-18)30(27,28)24-12-10-23(11-13-24)20(26)29-15-16-6-4-3-5-7-16/h2-9,14H,1,10-13,15H2,(H,21,22,25). The molecule has 3 rings (SSSR count). The number of piperazine rings is 1. The minimum absolute atomic E-state index is 0.0132. The molecular formula is C20H22N4O5S. The first-order valence-corrected chi connectivity index (χ1v) is 10.7. The minimum Gasteiger partial charge on any atom is -0.445 e. The van der Waals surface area contributed by atoms with Gasteiger partial charge in [-0.2, -0.15) is 4.31 Å². The number of aromatic nitrogens is 1. The first kappa shape index (κ1) is 21.5. The van der Waals surface area contributed by atoms with Crippen molar-refractivity contribution < 1.29 is 22.7 Å². The molecule has 1 aromatic carbocycles. The van der Waals surface area contributed by atoms with Gasteiger partial charge in [0.15, 0.2) is 0 Å². The van der Waals surface area contributed by atoms with Gasteiger partial charge in [0.05, 0.1) is 0 Å². The van der Waals surface area contributed by atoms with Crippen molar-refractivity contribution in [2.75, 3.05) is 31.5 Å². The van der Waals surface area contributed by atoms with E-state index in [9.17, 15) is 18.0 Å². The summed E-state index contributed by atoms with van der Waals surface area (Å²) in [6.45, 7) is 4.27. The number of nitrogens with zero attached hydrogens (tertiary/aromatic N) is 3. The Hall–Kier alpha value is -3.24. The molecule has 30 heavy (non-hydrogen) atoms. The summed E-state index contributed by atoms with van der Waals surface area (Å²) >= 11 is 0. The number of nitrogens with one attached hydrogen (secondary N) is 1. The van der Waals surface area contributed by atoms with Crippen molar-refractivity contribution in [2.45, 2.75) is 11.5 Å². The van der Waals surface area contributed by atoms with Gasteiger partial charge in [0.25, 0.3) is 0 Å². The van der Waals surface area contributed by atoms with Gasteiger partial charge in [0.2, 0.25) is 15.9 Å². The molecule has 0 bridgehead atoms.